The Hall–Kier alpha value is -1.36. The molecule has 1 aromatic heterocycles. The van der Waals surface area contributed by atoms with Gasteiger partial charge in [-0.05, 0) is 25.3 Å². The Labute approximate surface area is 122 Å². The zero-order valence-corrected chi connectivity index (χ0v) is 13.1. The summed E-state index contributed by atoms with van der Waals surface area (Å²) in [7, 11) is 2.02. The molecule has 112 valence electrons. The van der Waals surface area contributed by atoms with Crippen molar-refractivity contribution < 1.29 is 0 Å². The summed E-state index contributed by atoms with van der Waals surface area (Å²) in [4.78, 5) is 11.0. The smallest absolute Gasteiger partial charge is 0.134 e. The maximum atomic E-state index is 4.39. The predicted octanol–water partition coefficient (Wildman–Crippen LogP) is 2.12. The van der Waals surface area contributed by atoms with Crippen LogP contribution in [-0.2, 0) is 0 Å². The first kappa shape index (κ1) is 15.0. The van der Waals surface area contributed by atoms with Gasteiger partial charge in [0.15, 0.2) is 0 Å². The maximum Gasteiger partial charge on any atom is 0.134 e. The van der Waals surface area contributed by atoms with Gasteiger partial charge in [0.05, 0.1) is 0 Å². The van der Waals surface area contributed by atoms with Gasteiger partial charge in [0.25, 0.3) is 0 Å². The van der Waals surface area contributed by atoms with Gasteiger partial charge in [-0.15, -0.1) is 0 Å². The third-order valence-electron chi connectivity index (χ3n) is 3.75. The van der Waals surface area contributed by atoms with Crippen LogP contribution in [-0.4, -0.2) is 42.7 Å². The number of aromatic nitrogens is 2. The van der Waals surface area contributed by atoms with Crippen LogP contribution in [0.4, 0.5) is 11.6 Å². The number of hydrogen-bond acceptors (Lipinski definition) is 5. The van der Waals surface area contributed by atoms with Crippen molar-refractivity contribution in [2.45, 2.75) is 39.7 Å². The van der Waals surface area contributed by atoms with Crippen LogP contribution in [0.25, 0.3) is 0 Å². The summed E-state index contributed by atoms with van der Waals surface area (Å²) in [5, 5.41) is 6.73. The quantitative estimate of drug-likeness (QED) is 0.863. The summed E-state index contributed by atoms with van der Waals surface area (Å²) in [6.45, 7) is 9.78. The lowest BCUT2D eigenvalue weighted by molar-refractivity contribution is 0.389. The van der Waals surface area contributed by atoms with Gasteiger partial charge in [0.2, 0.25) is 0 Å². The Balaban J connectivity index is 1.91. The molecule has 0 unspecified atom stereocenters. The van der Waals surface area contributed by atoms with Crippen molar-refractivity contribution in [1.82, 2.24) is 15.3 Å². The fourth-order valence-corrected chi connectivity index (χ4v) is 2.39. The molecule has 1 aliphatic heterocycles. The highest BCUT2D eigenvalue weighted by atomic mass is 15.2. The zero-order chi connectivity index (χ0) is 14.6. The molecule has 1 saturated heterocycles. The van der Waals surface area contributed by atoms with E-state index in [0.717, 1.165) is 37.7 Å². The average molecular weight is 277 g/mol. The van der Waals surface area contributed by atoms with Gasteiger partial charge in [0.1, 0.15) is 18.0 Å². The Morgan fingerprint density at radius 3 is 2.80 bits per heavy atom. The highest BCUT2D eigenvalue weighted by Gasteiger charge is 2.22. The summed E-state index contributed by atoms with van der Waals surface area (Å²) >= 11 is 0. The van der Waals surface area contributed by atoms with Crippen LogP contribution in [0, 0.1) is 5.41 Å². The van der Waals surface area contributed by atoms with E-state index in [-0.39, 0.29) is 0 Å². The van der Waals surface area contributed by atoms with Crippen molar-refractivity contribution in [3.8, 4) is 0 Å². The number of rotatable bonds is 5. The molecule has 0 amide bonds. The molecule has 0 spiro atoms. The molecule has 0 aromatic carbocycles. The second kappa shape index (κ2) is 6.39. The molecule has 5 heteroatoms. The molecule has 2 heterocycles. The van der Waals surface area contributed by atoms with Crippen LogP contribution < -0.4 is 15.5 Å². The molecule has 5 nitrogen and oxygen atoms in total. The lowest BCUT2D eigenvalue weighted by Gasteiger charge is -2.20. The van der Waals surface area contributed by atoms with Gasteiger partial charge >= 0.3 is 0 Å². The van der Waals surface area contributed by atoms with Gasteiger partial charge in [-0.25, -0.2) is 9.97 Å². The SMILES string of the molecule is CN[C@@H]1CCN(c2cc(NCCC(C)(C)C)ncn2)C1. The fourth-order valence-electron chi connectivity index (χ4n) is 2.39. The van der Waals surface area contributed by atoms with Crippen LogP contribution in [0.2, 0.25) is 0 Å². The van der Waals surface area contributed by atoms with Crippen LogP contribution in [0.15, 0.2) is 12.4 Å². The number of likely N-dealkylation sites (N-methyl/N-ethyl adjacent to an activating group) is 1. The van der Waals surface area contributed by atoms with Gasteiger partial charge < -0.3 is 15.5 Å². The lowest BCUT2D eigenvalue weighted by Crippen LogP contribution is -2.29. The molecule has 0 aliphatic carbocycles. The first-order valence-electron chi connectivity index (χ1n) is 7.46. The third kappa shape index (κ3) is 4.34. The molecule has 20 heavy (non-hydrogen) atoms. The minimum absolute atomic E-state index is 0.345. The fraction of sp³-hybridized carbons (Fsp3) is 0.733. The van der Waals surface area contributed by atoms with Gasteiger partial charge in [-0.3, -0.25) is 0 Å². The van der Waals surface area contributed by atoms with E-state index in [4.69, 9.17) is 0 Å². The summed E-state index contributed by atoms with van der Waals surface area (Å²) in [5.41, 5.74) is 0.345. The molecule has 2 N–H and O–H groups in total. The Bertz CT molecular complexity index is 427. The third-order valence-corrected chi connectivity index (χ3v) is 3.75. The van der Waals surface area contributed by atoms with E-state index in [1.807, 2.05) is 7.05 Å². The first-order chi connectivity index (χ1) is 9.48. The van der Waals surface area contributed by atoms with Crippen LogP contribution in [0.3, 0.4) is 0 Å². The van der Waals surface area contributed by atoms with Crippen molar-refractivity contribution in [1.29, 1.82) is 0 Å². The standard InChI is InChI=1S/C15H27N5/c1-15(2,3)6-7-17-13-9-14(19-11-18-13)20-8-5-12(10-20)16-4/h9,11-12,16H,5-8,10H2,1-4H3,(H,17,18,19)/t12-/m1/s1. The van der Waals surface area contributed by atoms with Crippen molar-refractivity contribution in [2.75, 3.05) is 36.9 Å². The topological polar surface area (TPSA) is 53.1 Å². The van der Waals surface area contributed by atoms with Gasteiger partial charge in [0, 0.05) is 31.7 Å². The predicted molar refractivity (Wildman–Crippen MR) is 84.3 cm³/mol. The van der Waals surface area contributed by atoms with Crippen LogP contribution in [0.5, 0.6) is 0 Å². The summed E-state index contributed by atoms with van der Waals surface area (Å²) in [6.07, 6.45) is 3.95. The minimum atomic E-state index is 0.345. The Morgan fingerprint density at radius 1 is 1.35 bits per heavy atom. The van der Waals surface area contributed by atoms with Gasteiger partial charge in [-0.2, -0.15) is 0 Å². The summed E-state index contributed by atoms with van der Waals surface area (Å²) in [6, 6.07) is 2.63. The molecule has 0 saturated carbocycles. The molecule has 1 atom stereocenters. The van der Waals surface area contributed by atoms with E-state index in [1.54, 1.807) is 6.33 Å². The van der Waals surface area contributed by atoms with Crippen molar-refractivity contribution in [3.05, 3.63) is 12.4 Å². The molecule has 0 bridgehead atoms. The van der Waals surface area contributed by atoms with E-state index in [9.17, 15) is 0 Å². The second-order valence-corrected chi connectivity index (χ2v) is 6.72. The Morgan fingerprint density at radius 2 is 2.15 bits per heavy atom. The number of nitrogens with one attached hydrogen (secondary N) is 2. The number of hydrogen-bond donors (Lipinski definition) is 2. The monoisotopic (exact) mass is 277 g/mol. The molecule has 2 rings (SSSR count). The molecular formula is C15H27N5. The highest BCUT2D eigenvalue weighted by Crippen LogP contribution is 2.21. The normalized spacial score (nSPS) is 19.4. The minimum Gasteiger partial charge on any atom is -0.370 e. The summed E-state index contributed by atoms with van der Waals surface area (Å²) in [5.74, 6) is 1.95. The number of nitrogens with zero attached hydrogens (tertiary/aromatic N) is 3. The first-order valence-corrected chi connectivity index (χ1v) is 7.46. The largest absolute Gasteiger partial charge is 0.370 e. The molecule has 1 aliphatic rings. The molecule has 1 fully saturated rings. The summed E-state index contributed by atoms with van der Waals surface area (Å²) < 4.78 is 0. The average Bonchev–Trinajstić information content (AvgIpc) is 2.86. The lowest BCUT2D eigenvalue weighted by atomic mass is 9.92. The maximum absolute atomic E-state index is 4.39. The van der Waals surface area contributed by atoms with E-state index < -0.39 is 0 Å². The van der Waals surface area contributed by atoms with Gasteiger partial charge in [-0.1, -0.05) is 20.8 Å². The van der Waals surface area contributed by atoms with E-state index in [2.05, 4.69) is 52.3 Å². The Kier molecular flexibility index (Phi) is 4.81. The van der Waals surface area contributed by atoms with E-state index in [0.29, 0.717) is 11.5 Å². The molecular weight excluding hydrogens is 250 g/mol. The molecule has 0 radical (unpaired) electrons. The van der Waals surface area contributed by atoms with E-state index in [1.165, 1.54) is 6.42 Å². The van der Waals surface area contributed by atoms with Crippen LogP contribution in [0.1, 0.15) is 33.6 Å². The van der Waals surface area contributed by atoms with Crippen molar-refractivity contribution >= 4 is 11.6 Å². The van der Waals surface area contributed by atoms with Crippen LogP contribution >= 0.6 is 0 Å². The van der Waals surface area contributed by atoms with Crippen molar-refractivity contribution in [3.63, 3.8) is 0 Å². The highest BCUT2D eigenvalue weighted by molar-refractivity contribution is 5.49. The molecule has 1 aromatic rings. The van der Waals surface area contributed by atoms with Crippen molar-refractivity contribution in [2.24, 2.45) is 5.41 Å². The zero-order valence-electron chi connectivity index (χ0n) is 13.1. The number of anilines is 2. The van der Waals surface area contributed by atoms with E-state index >= 15 is 0 Å². The second-order valence-electron chi connectivity index (χ2n) is 6.72.